The van der Waals surface area contributed by atoms with Gasteiger partial charge < -0.3 is 9.64 Å². The maximum absolute atomic E-state index is 13.3. The molecule has 2 aliphatic rings. The Morgan fingerprint density at radius 1 is 1.22 bits per heavy atom. The van der Waals surface area contributed by atoms with E-state index in [4.69, 9.17) is 4.74 Å². The second-order valence-electron chi connectivity index (χ2n) is 7.17. The van der Waals surface area contributed by atoms with Crippen molar-refractivity contribution >= 4 is 11.9 Å². The molecule has 0 radical (unpaired) electrons. The lowest BCUT2D eigenvalue weighted by atomic mass is 9.76. The predicted molar refractivity (Wildman–Crippen MR) is 82.0 cm³/mol. The van der Waals surface area contributed by atoms with Crippen molar-refractivity contribution < 1.29 is 23.1 Å². The summed E-state index contributed by atoms with van der Waals surface area (Å²) in [6.07, 6.45) is 0.611. The Labute approximate surface area is 136 Å². The number of nitrogens with zero attached hydrogens (tertiary/aromatic N) is 1. The number of halogens is 2. The monoisotopic (exact) mass is 331 g/mol. The number of hydrogen-bond donors (Lipinski definition) is 0. The van der Waals surface area contributed by atoms with Gasteiger partial charge in [-0.25, -0.2) is 8.78 Å². The minimum atomic E-state index is -2.63. The number of carbonyl (C=O) groups excluding carboxylic acids is 2. The number of ether oxygens (including phenoxy) is 1. The highest BCUT2D eigenvalue weighted by Gasteiger charge is 2.50. The average Bonchev–Trinajstić information content (AvgIpc) is 2.93. The number of carbonyl (C=O) groups is 2. The van der Waals surface area contributed by atoms with Crippen molar-refractivity contribution in [2.45, 2.75) is 58.8 Å². The van der Waals surface area contributed by atoms with E-state index >= 15 is 0 Å². The van der Waals surface area contributed by atoms with Gasteiger partial charge in [0.2, 0.25) is 11.8 Å². The van der Waals surface area contributed by atoms with Crippen molar-refractivity contribution in [1.29, 1.82) is 0 Å². The van der Waals surface area contributed by atoms with Crippen LogP contribution in [-0.4, -0.2) is 42.4 Å². The van der Waals surface area contributed by atoms with Crippen LogP contribution in [0, 0.1) is 17.3 Å². The summed E-state index contributed by atoms with van der Waals surface area (Å²) < 4.78 is 31.7. The largest absolute Gasteiger partial charge is 0.466 e. The van der Waals surface area contributed by atoms with E-state index in [1.54, 1.807) is 11.8 Å². The molecule has 0 aromatic carbocycles. The van der Waals surface area contributed by atoms with Gasteiger partial charge in [0.25, 0.3) is 0 Å². The van der Waals surface area contributed by atoms with Crippen LogP contribution in [0.5, 0.6) is 0 Å². The summed E-state index contributed by atoms with van der Waals surface area (Å²) in [4.78, 5) is 26.7. The topological polar surface area (TPSA) is 46.6 Å². The zero-order chi connectivity index (χ0) is 17.3. The van der Waals surface area contributed by atoms with Gasteiger partial charge in [0, 0.05) is 31.8 Å². The van der Waals surface area contributed by atoms with Crippen molar-refractivity contribution in [3.8, 4) is 0 Å². The standard InChI is InChI=1S/C17H27F2NO3/c1-4-23-15(22)16(12(2)3)9-10-20(11-16)14(21)13-5-7-17(18,19)8-6-13/h12-13H,4-11H2,1-3H3. The van der Waals surface area contributed by atoms with E-state index in [1.807, 2.05) is 13.8 Å². The van der Waals surface area contributed by atoms with Crippen LogP contribution in [0.1, 0.15) is 52.9 Å². The van der Waals surface area contributed by atoms with Crippen LogP contribution >= 0.6 is 0 Å². The Morgan fingerprint density at radius 2 is 1.83 bits per heavy atom. The van der Waals surface area contributed by atoms with E-state index in [0.29, 0.717) is 26.1 Å². The number of amides is 1. The minimum Gasteiger partial charge on any atom is -0.466 e. The van der Waals surface area contributed by atoms with Gasteiger partial charge in [-0.2, -0.15) is 0 Å². The van der Waals surface area contributed by atoms with Gasteiger partial charge in [-0.15, -0.1) is 0 Å². The second kappa shape index (κ2) is 6.73. The van der Waals surface area contributed by atoms with E-state index in [1.165, 1.54) is 0 Å². The summed E-state index contributed by atoms with van der Waals surface area (Å²) >= 11 is 0. The van der Waals surface area contributed by atoms with Gasteiger partial charge in [-0.05, 0) is 32.1 Å². The highest BCUT2D eigenvalue weighted by atomic mass is 19.3. The maximum atomic E-state index is 13.3. The summed E-state index contributed by atoms with van der Waals surface area (Å²) in [5.41, 5.74) is -0.662. The Balaban J connectivity index is 2.03. The third-order valence-corrected chi connectivity index (χ3v) is 5.47. The van der Waals surface area contributed by atoms with Crippen LogP contribution < -0.4 is 0 Å². The number of alkyl halides is 2. The summed E-state index contributed by atoms with van der Waals surface area (Å²) in [6.45, 7) is 6.86. The predicted octanol–water partition coefficient (Wildman–Crippen LogP) is 3.25. The molecule has 1 unspecified atom stereocenters. The first-order valence-electron chi connectivity index (χ1n) is 8.55. The first-order chi connectivity index (χ1) is 10.7. The average molecular weight is 331 g/mol. The molecule has 0 N–H and O–H groups in total. The van der Waals surface area contributed by atoms with Gasteiger partial charge in [-0.1, -0.05) is 13.8 Å². The molecular weight excluding hydrogens is 304 g/mol. The molecule has 2 rings (SSSR count). The Hall–Kier alpha value is -1.20. The summed E-state index contributed by atoms with van der Waals surface area (Å²) in [6, 6.07) is 0. The molecule has 0 spiro atoms. The molecule has 1 saturated carbocycles. The van der Waals surface area contributed by atoms with Crippen LogP contribution in [0.3, 0.4) is 0 Å². The van der Waals surface area contributed by atoms with E-state index < -0.39 is 11.3 Å². The summed E-state index contributed by atoms with van der Waals surface area (Å²) in [5.74, 6) is -3.23. The molecular formula is C17H27F2NO3. The lowest BCUT2D eigenvalue weighted by Crippen LogP contribution is -2.44. The van der Waals surface area contributed by atoms with E-state index in [0.717, 1.165) is 0 Å². The quantitative estimate of drug-likeness (QED) is 0.743. The number of likely N-dealkylation sites (tertiary alicyclic amines) is 1. The fraction of sp³-hybridized carbons (Fsp3) is 0.882. The SMILES string of the molecule is CCOC(=O)C1(C(C)C)CCN(C(=O)C2CCC(F)(F)CC2)C1. The lowest BCUT2D eigenvalue weighted by Gasteiger charge is -2.33. The van der Waals surface area contributed by atoms with Gasteiger partial charge in [0.15, 0.2) is 0 Å². The van der Waals surface area contributed by atoms with Gasteiger partial charge >= 0.3 is 5.97 Å². The number of hydrogen-bond acceptors (Lipinski definition) is 3. The van der Waals surface area contributed by atoms with Crippen LogP contribution in [0.2, 0.25) is 0 Å². The first kappa shape index (κ1) is 18.1. The normalized spacial score (nSPS) is 28.2. The smallest absolute Gasteiger partial charge is 0.314 e. The third-order valence-electron chi connectivity index (χ3n) is 5.47. The second-order valence-corrected chi connectivity index (χ2v) is 7.17. The Bertz CT molecular complexity index is 457. The number of esters is 1. The van der Waals surface area contributed by atoms with Gasteiger partial charge in [0.05, 0.1) is 12.0 Å². The third kappa shape index (κ3) is 3.66. The molecule has 0 aromatic rings. The summed E-state index contributed by atoms with van der Waals surface area (Å²) in [5, 5.41) is 0. The fourth-order valence-corrected chi connectivity index (χ4v) is 3.71. The highest BCUT2D eigenvalue weighted by Crippen LogP contribution is 2.42. The van der Waals surface area contributed by atoms with Crippen molar-refractivity contribution in [2.75, 3.05) is 19.7 Å². The van der Waals surface area contributed by atoms with Crippen LogP contribution in [-0.2, 0) is 14.3 Å². The van der Waals surface area contributed by atoms with Gasteiger partial charge in [0.1, 0.15) is 0 Å². The molecule has 1 heterocycles. The molecule has 1 saturated heterocycles. The molecule has 0 bridgehead atoms. The zero-order valence-corrected chi connectivity index (χ0v) is 14.2. The van der Waals surface area contributed by atoms with Crippen LogP contribution in [0.15, 0.2) is 0 Å². The molecule has 132 valence electrons. The minimum absolute atomic E-state index is 0.0649. The molecule has 1 atom stereocenters. The van der Waals surface area contributed by atoms with Crippen LogP contribution in [0.4, 0.5) is 8.78 Å². The Kier molecular flexibility index (Phi) is 5.31. The van der Waals surface area contributed by atoms with E-state index in [2.05, 4.69) is 0 Å². The van der Waals surface area contributed by atoms with Gasteiger partial charge in [-0.3, -0.25) is 9.59 Å². The molecule has 1 aliphatic carbocycles. The number of rotatable bonds is 4. The molecule has 23 heavy (non-hydrogen) atoms. The lowest BCUT2D eigenvalue weighted by molar-refractivity contribution is -0.158. The molecule has 6 heteroatoms. The van der Waals surface area contributed by atoms with Crippen LogP contribution in [0.25, 0.3) is 0 Å². The molecule has 0 aromatic heterocycles. The molecule has 1 amide bonds. The van der Waals surface area contributed by atoms with E-state index in [-0.39, 0.29) is 49.4 Å². The molecule has 4 nitrogen and oxygen atoms in total. The van der Waals surface area contributed by atoms with Crippen molar-refractivity contribution in [1.82, 2.24) is 4.90 Å². The first-order valence-corrected chi connectivity index (χ1v) is 8.55. The summed E-state index contributed by atoms with van der Waals surface area (Å²) in [7, 11) is 0. The van der Waals surface area contributed by atoms with Crippen molar-refractivity contribution in [3.05, 3.63) is 0 Å². The van der Waals surface area contributed by atoms with Crippen molar-refractivity contribution in [3.63, 3.8) is 0 Å². The van der Waals surface area contributed by atoms with Crippen molar-refractivity contribution in [2.24, 2.45) is 17.3 Å². The molecule has 1 aliphatic heterocycles. The maximum Gasteiger partial charge on any atom is 0.314 e. The fourth-order valence-electron chi connectivity index (χ4n) is 3.71. The molecule has 2 fully saturated rings. The van der Waals surface area contributed by atoms with E-state index in [9.17, 15) is 18.4 Å². The zero-order valence-electron chi connectivity index (χ0n) is 14.2. The Morgan fingerprint density at radius 3 is 2.35 bits per heavy atom. The highest BCUT2D eigenvalue weighted by molar-refractivity contribution is 5.83.